The van der Waals surface area contributed by atoms with Crippen molar-refractivity contribution in [3.05, 3.63) is 125 Å². The second-order valence-corrected chi connectivity index (χ2v) is 10.8. The lowest BCUT2D eigenvalue weighted by Gasteiger charge is -2.40. The zero-order chi connectivity index (χ0) is 25.2. The minimum atomic E-state index is 0.0868. The molecule has 6 rings (SSSR count). The Hall–Kier alpha value is -3.80. The number of benzene rings is 3. The third-order valence-corrected chi connectivity index (χ3v) is 8.16. The van der Waals surface area contributed by atoms with Crippen LogP contribution >= 0.6 is 11.3 Å². The van der Waals surface area contributed by atoms with E-state index >= 15 is 0 Å². The SMILES string of the molecule is Cc1ccc(-c2cc(C(=O)N3CCN(C(c4ccccc4)c4ccccc4)CC3)c3ccccc3n2)s1. The van der Waals surface area contributed by atoms with Gasteiger partial charge in [-0.2, -0.15) is 0 Å². The van der Waals surface area contributed by atoms with Crippen LogP contribution in [0, 0.1) is 6.92 Å². The zero-order valence-corrected chi connectivity index (χ0v) is 21.7. The lowest BCUT2D eigenvalue weighted by atomic mass is 9.96. The summed E-state index contributed by atoms with van der Waals surface area (Å²) in [6.45, 7) is 5.12. The second kappa shape index (κ2) is 10.3. The number of thiophene rings is 1. The number of hydrogen-bond donors (Lipinski definition) is 0. The van der Waals surface area contributed by atoms with Crippen molar-refractivity contribution in [3.63, 3.8) is 0 Å². The van der Waals surface area contributed by atoms with E-state index in [9.17, 15) is 4.79 Å². The predicted molar refractivity (Wildman–Crippen MR) is 152 cm³/mol. The summed E-state index contributed by atoms with van der Waals surface area (Å²) < 4.78 is 0. The lowest BCUT2D eigenvalue weighted by Crippen LogP contribution is -2.49. The van der Waals surface area contributed by atoms with Crippen molar-refractivity contribution in [2.24, 2.45) is 0 Å². The summed E-state index contributed by atoms with van der Waals surface area (Å²) in [5, 5.41) is 0.915. The Morgan fingerprint density at radius 2 is 1.41 bits per heavy atom. The monoisotopic (exact) mass is 503 g/mol. The first kappa shape index (κ1) is 23.6. The van der Waals surface area contributed by atoms with Crippen LogP contribution in [0.15, 0.2) is 103 Å². The molecule has 184 valence electrons. The van der Waals surface area contributed by atoms with Gasteiger partial charge in [-0.25, -0.2) is 4.98 Å². The fourth-order valence-electron chi connectivity index (χ4n) is 5.29. The van der Waals surface area contributed by atoms with Gasteiger partial charge in [0.05, 0.1) is 27.7 Å². The molecule has 1 amide bonds. The molecule has 5 heteroatoms. The van der Waals surface area contributed by atoms with E-state index < -0.39 is 0 Å². The van der Waals surface area contributed by atoms with Gasteiger partial charge < -0.3 is 4.90 Å². The fraction of sp³-hybridized carbons (Fsp3) is 0.188. The normalized spacial score (nSPS) is 14.4. The number of aromatic nitrogens is 1. The number of para-hydroxylation sites is 1. The van der Waals surface area contributed by atoms with Crippen molar-refractivity contribution < 1.29 is 4.79 Å². The highest BCUT2D eigenvalue weighted by molar-refractivity contribution is 7.15. The van der Waals surface area contributed by atoms with Crippen molar-refractivity contribution in [3.8, 4) is 10.6 Å². The van der Waals surface area contributed by atoms with Gasteiger partial charge in [0.2, 0.25) is 0 Å². The third-order valence-electron chi connectivity index (χ3n) is 7.14. The number of amides is 1. The lowest BCUT2D eigenvalue weighted by molar-refractivity contribution is 0.0599. The first-order valence-corrected chi connectivity index (χ1v) is 13.6. The fourth-order valence-corrected chi connectivity index (χ4v) is 6.12. The van der Waals surface area contributed by atoms with Crippen LogP contribution in [0.25, 0.3) is 21.5 Å². The highest BCUT2D eigenvalue weighted by atomic mass is 32.1. The van der Waals surface area contributed by atoms with Crippen LogP contribution in [0.4, 0.5) is 0 Å². The van der Waals surface area contributed by atoms with Crippen LogP contribution in [0.5, 0.6) is 0 Å². The van der Waals surface area contributed by atoms with E-state index in [1.807, 2.05) is 35.2 Å². The molecule has 3 heterocycles. The van der Waals surface area contributed by atoms with Gasteiger partial charge in [-0.15, -0.1) is 11.3 Å². The molecule has 4 nitrogen and oxygen atoms in total. The van der Waals surface area contributed by atoms with Crippen molar-refractivity contribution in [1.82, 2.24) is 14.8 Å². The molecule has 0 atom stereocenters. The number of carbonyl (C=O) groups is 1. The quantitative estimate of drug-likeness (QED) is 0.264. The molecular formula is C32H29N3OS. The minimum Gasteiger partial charge on any atom is -0.336 e. The maximum absolute atomic E-state index is 13.9. The maximum Gasteiger partial charge on any atom is 0.254 e. The molecule has 1 saturated heterocycles. The third kappa shape index (κ3) is 4.80. The highest BCUT2D eigenvalue weighted by Crippen LogP contribution is 2.32. The van der Waals surface area contributed by atoms with Gasteiger partial charge >= 0.3 is 0 Å². The molecule has 1 aliphatic rings. The largest absolute Gasteiger partial charge is 0.336 e. The van der Waals surface area contributed by atoms with Crippen LogP contribution in [0.2, 0.25) is 0 Å². The van der Waals surface area contributed by atoms with Crippen LogP contribution in [0.1, 0.15) is 32.4 Å². The smallest absolute Gasteiger partial charge is 0.254 e. The number of pyridine rings is 1. The molecule has 0 saturated carbocycles. The minimum absolute atomic E-state index is 0.0868. The van der Waals surface area contributed by atoms with E-state index in [0.29, 0.717) is 13.1 Å². The predicted octanol–water partition coefficient (Wildman–Crippen LogP) is 6.82. The van der Waals surface area contributed by atoms with Gasteiger partial charge in [-0.3, -0.25) is 9.69 Å². The van der Waals surface area contributed by atoms with Crippen molar-refractivity contribution in [1.29, 1.82) is 0 Å². The topological polar surface area (TPSA) is 36.4 Å². The Balaban J connectivity index is 1.27. The molecule has 0 N–H and O–H groups in total. The molecule has 1 fully saturated rings. The average Bonchev–Trinajstić information content (AvgIpc) is 3.40. The molecule has 0 aliphatic carbocycles. The second-order valence-electron chi connectivity index (χ2n) is 9.53. The molecule has 0 radical (unpaired) electrons. The number of piperazine rings is 1. The highest BCUT2D eigenvalue weighted by Gasteiger charge is 2.29. The Morgan fingerprint density at radius 1 is 0.784 bits per heavy atom. The summed E-state index contributed by atoms with van der Waals surface area (Å²) in [4.78, 5) is 25.6. The van der Waals surface area contributed by atoms with E-state index in [4.69, 9.17) is 4.98 Å². The summed E-state index contributed by atoms with van der Waals surface area (Å²) in [7, 11) is 0. The molecule has 0 unspecified atom stereocenters. The summed E-state index contributed by atoms with van der Waals surface area (Å²) in [5.41, 5.74) is 5.03. The number of hydrogen-bond acceptors (Lipinski definition) is 4. The summed E-state index contributed by atoms with van der Waals surface area (Å²) in [6.07, 6.45) is 0. The van der Waals surface area contributed by atoms with Gasteiger partial charge in [0.15, 0.2) is 0 Å². The number of aryl methyl sites for hydroxylation is 1. The van der Waals surface area contributed by atoms with Gasteiger partial charge in [0, 0.05) is 36.4 Å². The zero-order valence-electron chi connectivity index (χ0n) is 20.9. The first-order chi connectivity index (χ1) is 18.2. The summed E-state index contributed by atoms with van der Waals surface area (Å²) in [6, 6.07) is 35.7. The molecule has 1 aliphatic heterocycles. The van der Waals surface area contributed by atoms with E-state index in [1.54, 1.807) is 11.3 Å². The van der Waals surface area contributed by atoms with Crippen LogP contribution in [-0.4, -0.2) is 46.9 Å². The average molecular weight is 504 g/mol. The van der Waals surface area contributed by atoms with E-state index in [1.165, 1.54) is 16.0 Å². The maximum atomic E-state index is 13.9. The van der Waals surface area contributed by atoms with E-state index in [-0.39, 0.29) is 11.9 Å². The first-order valence-electron chi connectivity index (χ1n) is 12.8. The molecular weight excluding hydrogens is 474 g/mol. The number of rotatable bonds is 5. The number of fused-ring (bicyclic) bond motifs is 1. The van der Waals surface area contributed by atoms with E-state index in [0.717, 1.165) is 40.1 Å². The molecule has 2 aromatic heterocycles. The van der Waals surface area contributed by atoms with Gasteiger partial charge in [-0.05, 0) is 42.3 Å². The Morgan fingerprint density at radius 3 is 2.03 bits per heavy atom. The molecule has 3 aromatic carbocycles. The van der Waals surface area contributed by atoms with Gasteiger partial charge in [0.1, 0.15) is 0 Å². The van der Waals surface area contributed by atoms with Crippen molar-refractivity contribution in [2.45, 2.75) is 13.0 Å². The van der Waals surface area contributed by atoms with Crippen LogP contribution in [0.3, 0.4) is 0 Å². The molecule has 0 bridgehead atoms. The number of nitrogens with zero attached hydrogens (tertiary/aromatic N) is 3. The van der Waals surface area contributed by atoms with Crippen LogP contribution in [-0.2, 0) is 0 Å². The summed E-state index contributed by atoms with van der Waals surface area (Å²) >= 11 is 1.71. The molecule has 0 spiro atoms. The van der Waals surface area contributed by atoms with Crippen molar-refractivity contribution >= 4 is 28.1 Å². The molecule has 5 aromatic rings. The van der Waals surface area contributed by atoms with Gasteiger partial charge in [0.25, 0.3) is 5.91 Å². The number of carbonyl (C=O) groups excluding carboxylic acids is 1. The van der Waals surface area contributed by atoms with Gasteiger partial charge in [-0.1, -0.05) is 78.9 Å². The Labute approximate surface area is 221 Å². The Kier molecular flexibility index (Phi) is 6.56. The van der Waals surface area contributed by atoms with Crippen LogP contribution < -0.4 is 0 Å². The summed E-state index contributed by atoms with van der Waals surface area (Å²) in [5.74, 6) is 0.0868. The molecule has 37 heavy (non-hydrogen) atoms. The van der Waals surface area contributed by atoms with Crippen molar-refractivity contribution in [2.75, 3.05) is 26.2 Å². The standard InChI is InChI=1S/C32H29N3OS/c1-23-16-17-30(37-23)29-22-27(26-14-8-9-15-28(26)33-29)32(36)35-20-18-34(19-21-35)31(24-10-4-2-5-11-24)25-12-6-3-7-13-25/h2-17,22,31H,18-21H2,1H3. The Bertz CT molecular complexity index is 1480. The van der Waals surface area contributed by atoms with E-state index in [2.05, 4.69) is 84.6 Å².